The van der Waals surface area contributed by atoms with Gasteiger partial charge in [-0.25, -0.2) is 4.57 Å². The van der Waals surface area contributed by atoms with E-state index >= 15 is 0 Å². The molecule has 0 aliphatic carbocycles. The van der Waals surface area contributed by atoms with Gasteiger partial charge in [0.25, 0.3) is 0 Å². The van der Waals surface area contributed by atoms with E-state index in [4.69, 9.17) is 4.52 Å². The van der Waals surface area contributed by atoms with Crippen LogP contribution in [0.25, 0.3) is 11.3 Å². The first-order valence-electron chi connectivity index (χ1n) is 5.28. The Labute approximate surface area is 112 Å². The van der Waals surface area contributed by atoms with Gasteiger partial charge in [-0.3, -0.25) is 0 Å². The predicted molar refractivity (Wildman–Crippen MR) is 57.2 cm³/mol. The predicted octanol–water partition coefficient (Wildman–Crippen LogP) is -0.785. The van der Waals surface area contributed by atoms with Crippen molar-refractivity contribution in [2.45, 2.75) is 26.8 Å². The molecule has 16 heavy (non-hydrogen) atoms. The zero-order valence-electron chi connectivity index (χ0n) is 9.48. The largest absolute Gasteiger partial charge is 1.00 e. The first kappa shape index (κ1) is 13.2. The van der Waals surface area contributed by atoms with Gasteiger partial charge < -0.3 is 28.5 Å². The minimum atomic E-state index is 0. The molecule has 0 atom stereocenters. The highest BCUT2D eigenvalue weighted by molar-refractivity contribution is 5.55. The van der Waals surface area contributed by atoms with Crippen molar-refractivity contribution in [2.24, 2.45) is 0 Å². The van der Waals surface area contributed by atoms with E-state index in [0.29, 0.717) is 0 Å². The molecular formula is C12H15IN2O. The van der Waals surface area contributed by atoms with E-state index in [2.05, 4.69) is 23.6 Å². The Bertz CT molecular complexity index is 437. The average Bonchev–Trinajstić information content (AvgIpc) is 2.78. The van der Waals surface area contributed by atoms with Gasteiger partial charge in [-0.15, -0.1) is 0 Å². The Morgan fingerprint density at radius 1 is 1.25 bits per heavy atom. The van der Waals surface area contributed by atoms with Crippen LogP contribution in [-0.4, -0.2) is 5.16 Å². The van der Waals surface area contributed by atoms with Crippen molar-refractivity contribution < 1.29 is 33.1 Å². The van der Waals surface area contributed by atoms with Gasteiger partial charge in [0.1, 0.15) is 6.54 Å². The molecule has 0 fully saturated rings. The molecule has 0 aromatic carbocycles. The van der Waals surface area contributed by atoms with Crippen LogP contribution in [0, 0.1) is 0 Å². The average molecular weight is 330 g/mol. The minimum absolute atomic E-state index is 0. The van der Waals surface area contributed by atoms with E-state index in [-0.39, 0.29) is 24.0 Å². The Morgan fingerprint density at radius 2 is 1.94 bits per heavy atom. The van der Waals surface area contributed by atoms with Gasteiger partial charge in [-0.1, -0.05) is 12.1 Å². The monoisotopic (exact) mass is 330 g/mol. The molecule has 0 aliphatic heterocycles. The molecule has 2 heterocycles. The maximum absolute atomic E-state index is 5.26. The zero-order chi connectivity index (χ0) is 10.7. The third-order valence-corrected chi connectivity index (χ3v) is 2.46. The maximum atomic E-state index is 5.26. The van der Waals surface area contributed by atoms with Crippen LogP contribution in [0.3, 0.4) is 0 Å². The highest BCUT2D eigenvalue weighted by Gasteiger charge is 2.06. The van der Waals surface area contributed by atoms with Crippen LogP contribution in [-0.2, 0) is 13.0 Å². The summed E-state index contributed by atoms with van der Waals surface area (Å²) in [6.07, 6.45) is 5.00. The van der Waals surface area contributed by atoms with Crippen molar-refractivity contribution >= 4 is 0 Å². The van der Waals surface area contributed by atoms with Crippen molar-refractivity contribution in [1.29, 1.82) is 0 Å². The smallest absolute Gasteiger partial charge is 0.169 e. The van der Waals surface area contributed by atoms with Gasteiger partial charge in [0.2, 0.25) is 0 Å². The van der Waals surface area contributed by atoms with Crippen molar-refractivity contribution in [3.05, 3.63) is 36.3 Å². The fraction of sp³-hybridized carbons (Fsp3) is 0.333. The summed E-state index contributed by atoms with van der Waals surface area (Å²) >= 11 is 0. The topological polar surface area (TPSA) is 29.9 Å². The van der Waals surface area contributed by atoms with Gasteiger partial charge in [-0.05, 0) is 13.3 Å². The number of hydrogen-bond acceptors (Lipinski definition) is 2. The Kier molecular flexibility index (Phi) is 4.92. The van der Waals surface area contributed by atoms with Gasteiger partial charge in [0, 0.05) is 23.8 Å². The Balaban J connectivity index is 0.00000128. The van der Waals surface area contributed by atoms with Crippen LogP contribution < -0.4 is 28.5 Å². The summed E-state index contributed by atoms with van der Waals surface area (Å²) in [5.41, 5.74) is 2.07. The molecule has 2 aromatic heterocycles. The fourth-order valence-electron chi connectivity index (χ4n) is 1.45. The molecule has 86 valence electrons. The van der Waals surface area contributed by atoms with E-state index in [9.17, 15) is 0 Å². The van der Waals surface area contributed by atoms with Gasteiger partial charge in [-0.2, -0.15) is 0 Å². The summed E-state index contributed by atoms with van der Waals surface area (Å²) in [5, 5.41) is 3.97. The van der Waals surface area contributed by atoms with E-state index in [0.717, 1.165) is 30.0 Å². The summed E-state index contributed by atoms with van der Waals surface area (Å²) < 4.78 is 7.37. The van der Waals surface area contributed by atoms with Crippen molar-refractivity contribution in [2.75, 3.05) is 0 Å². The molecule has 0 saturated carbocycles. The van der Waals surface area contributed by atoms with Crippen molar-refractivity contribution in [3.63, 3.8) is 0 Å². The first-order valence-corrected chi connectivity index (χ1v) is 5.28. The van der Waals surface area contributed by atoms with Gasteiger partial charge >= 0.3 is 0 Å². The number of pyridine rings is 1. The van der Waals surface area contributed by atoms with Crippen molar-refractivity contribution in [3.8, 4) is 11.3 Å². The number of rotatable bonds is 3. The van der Waals surface area contributed by atoms with Crippen LogP contribution in [0.15, 0.2) is 35.1 Å². The molecule has 2 aromatic rings. The molecule has 2 rings (SSSR count). The maximum Gasteiger partial charge on any atom is 0.169 e. The van der Waals surface area contributed by atoms with Crippen LogP contribution in [0.5, 0.6) is 0 Å². The molecule has 0 spiro atoms. The lowest BCUT2D eigenvalue weighted by Crippen LogP contribution is -3.00. The number of hydrogen-bond donors (Lipinski definition) is 0. The second-order valence-corrected chi connectivity index (χ2v) is 3.45. The SMILES string of the molecule is CCc1cc(-c2cc[n+](CC)cc2)on1.[I-]. The highest BCUT2D eigenvalue weighted by Crippen LogP contribution is 2.18. The molecule has 0 unspecified atom stereocenters. The fourth-order valence-corrected chi connectivity index (χ4v) is 1.45. The van der Waals surface area contributed by atoms with E-state index in [1.807, 2.05) is 30.6 Å². The van der Waals surface area contributed by atoms with Gasteiger partial charge in [0.05, 0.1) is 5.69 Å². The molecule has 0 amide bonds. The molecule has 0 aliphatic rings. The van der Waals surface area contributed by atoms with E-state index in [1.54, 1.807) is 0 Å². The Hall–Kier alpha value is -0.910. The van der Waals surface area contributed by atoms with E-state index in [1.165, 1.54) is 0 Å². The molecule has 0 saturated heterocycles. The minimum Gasteiger partial charge on any atom is -1.00 e. The number of aryl methyl sites for hydroxylation is 2. The lowest BCUT2D eigenvalue weighted by molar-refractivity contribution is -0.693. The van der Waals surface area contributed by atoms with Crippen molar-refractivity contribution in [1.82, 2.24) is 5.16 Å². The number of nitrogens with zero attached hydrogens (tertiary/aromatic N) is 2. The summed E-state index contributed by atoms with van der Waals surface area (Å²) in [4.78, 5) is 0. The molecular weight excluding hydrogens is 315 g/mol. The lowest BCUT2D eigenvalue weighted by Gasteiger charge is -1.93. The summed E-state index contributed by atoms with van der Waals surface area (Å²) in [6.45, 7) is 5.16. The highest BCUT2D eigenvalue weighted by atomic mass is 127. The van der Waals surface area contributed by atoms with E-state index < -0.39 is 0 Å². The summed E-state index contributed by atoms with van der Waals surface area (Å²) in [5.74, 6) is 0.843. The van der Waals surface area contributed by atoms with Gasteiger partial charge in [0.15, 0.2) is 18.2 Å². The normalized spacial score (nSPS) is 9.88. The number of halogens is 1. The summed E-state index contributed by atoms with van der Waals surface area (Å²) in [7, 11) is 0. The van der Waals surface area contributed by atoms with Crippen LogP contribution in [0.1, 0.15) is 19.5 Å². The lowest BCUT2D eigenvalue weighted by atomic mass is 10.2. The molecule has 4 heteroatoms. The second-order valence-electron chi connectivity index (χ2n) is 3.45. The molecule has 3 nitrogen and oxygen atoms in total. The summed E-state index contributed by atoms with van der Waals surface area (Å²) in [6, 6.07) is 6.08. The molecule has 0 bridgehead atoms. The zero-order valence-corrected chi connectivity index (χ0v) is 11.6. The quantitative estimate of drug-likeness (QED) is 0.546. The first-order chi connectivity index (χ1) is 7.33. The third kappa shape index (κ3) is 2.81. The molecule has 0 radical (unpaired) electrons. The second kappa shape index (κ2) is 5.98. The Morgan fingerprint density at radius 3 is 2.44 bits per heavy atom. The van der Waals surface area contributed by atoms with Crippen LogP contribution in [0.4, 0.5) is 0 Å². The van der Waals surface area contributed by atoms with Crippen LogP contribution >= 0.6 is 0 Å². The van der Waals surface area contributed by atoms with Crippen LogP contribution in [0.2, 0.25) is 0 Å². The standard InChI is InChI=1S/C12H15N2O.HI/c1-3-11-9-12(15-13-11)10-5-7-14(4-2)8-6-10;/h5-9H,3-4H2,1-2H3;1H/q+1;/p-1. The third-order valence-electron chi connectivity index (χ3n) is 2.46. The number of aromatic nitrogens is 2. The molecule has 0 N–H and O–H groups in total.